The summed E-state index contributed by atoms with van der Waals surface area (Å²) in [7, 11) is 0. The Morgan fingerprint density at radius 1 is 1.26 bits per heavy atom. The minimum Gasteiger partial charge on any atom is -0.480 e. The molecule has 0 radical (unpaired) electrons. The monoisotopic (exact) mass is 257 g/mol. The van der Waals surface area contributed by atoms with E-state index in [9.17, 15) is 9.90 Å². The van der Waals surface area contributed by atoms with Crippen LogP contribution in [0.1, 0.15) is 30.4 Å². The largest absolute Gasteiger partial charge is 0.480 e. The van der Waals surface area contributed by atoms with Crippen molar-refractivity contribution in [2.75, 3.05) is 0 Å². The van der Waals surface area contributed by atoms with Gasteiger partial charge in [-0.25, -0.2) is 0 Å². The first-order valence-corrected chi connectivity index (χ1v) is 6.97. The summed E-state index contributed by atoms with van der Waals surface area (Å²) in [5, 5.41) is 9.50. The minimum atomic E-state index is -0.700. The van der Waals surface area contributed by atoms with Crippen molar-refractivity contribution >= 4 is 5.97 Å². The second-order valence-corrected chi connectivity index (χ2v) is 5.43. The zero-order valence-electron chi connectivity index (χ0n) is 11.0. The van der Waals surface area contributed by atoms with Gasteiger partial charge in [0, 0.05) is 12.6 Å². The summed E-state index contributed by atoms with van der Waals surface area (Å²) in [5.74, 6) is -0.700. The molecule has 2 atom stereocenters. The van der Waals surface area contributed by atoms with Gasteiger partial charge in [0.05, 0.1) is 0 Å². The van der Waals surface area contributed by atoms with E-state index in [1.54, 1.807) is 0 Å². The molecule has 1 N–H and O–H groups in total. The van der Waals surface area contributed by atoms with Crippen LogP contribution in [0.2, 0.25) is 0 Å². The molecule has 100 valence electrons. The number of fused-ring (bicyclic) bond motifs is 1. The van der Waals surface area contributed by atoms with Gasteiger partial charge in [-0.2, -0.15) is 0 Å². The summed E-state index contributed by atoms with van der Waals surface area (Å²) >= 11 is 0. The third-order valence-corrected chi connectivity index (χ3v) is 4.22. The highest BCUT2D eigenvalue weighted by molar-refractivity contribution is 5.74. The second-order valence-electron chi connectivity index (χ2n) is 5.43. The number of rotatable bonds is 2. The average molecular weight is 257 g/mol. The van der Waals surface area contributed by atoms with E-state index in [0.717, 1.165) is 25.8 Å². The lowest BCUT2D eigenvalue weighted by molar-refractivity contribution is -0.144. The molecule has 1 unspecified atom stereocenters. The van der Waals surface area contributed by atoms with Crippen molar-refractivity contribution < 1.29 is 9.90 Å². The van der Waals surface area contributed by atoms with Gasteiger partial charge in [-0.3, -0.25) is 9.69 Å². The summed E-state index contributed by atoms with van der Waals surface area (Å²) in [4.78, 5) is 13.7. The maximum Gasteiger partial charge on any atom is 0.321 e. The van der Waals surface area contributed by atoms with Crippen LogP contribution in [0.3, 0.4) is 0 Å². The molecule has 0 aromatic heterocycles. The molecule has 19 heavy (non-hydrogen) atoms. The van der Waals surface area contributed by atoms with Crippen molar-refractivity contribution in [3.8, 4) is 0 Å². The number of hydrogen-bond acceptors (Lipinski definition) is 2. The lowest BCUT2D eigenvalue weighted by atomic mass is 9.90. The molecule has 1 aliphatic heterocycles. The Kier molecular flexibility index (Phi) is 3.38. The van der Waals surface area contributed by atoms with Crippen molar-refractivity contribution in [3.63, 3.8) is 0 Å². The molecule has 3 nitrogen and oxygen atoms in total. The SMILES string of the molecule is O=C(O)[C@@H]1Cc2ccccc2CN1C1C=CCCC1. The Balaban J connectivity index is 1.91. The van der Waals surface area contributed by atoms with Gasteiger partial charge in [-0.15, -0.1) is 0 Å². The zero-order valence-corrected chi connectivity index (χ0v) is 11.0. The first kappa shape index (κ1) is 12.4. The van der Waals surface area contributed by atoms with Crippen molar-refractivity contribution in [2.45, 2.75) is 44.3 Å². The molecular weight excluding hydrogens is 238 g/mol. The van der Waals surface area contributed by atoms with Crippen LogP contribution in [-0.2, 0) is 17.8 Å². The number of carboxylic acids is 1. The maximum atomic E-state index is 11.6. The third kappa shape index (κ3) is 2.43. The summed E-state index contributed by atoms with van der Waals surface area (Å²) in [6.45, 7) is 0.752. The molecule has 0 saturated heterocycles. The molecular formula is C16H19NO2. The van der Waals surface area contributed by atoms with Crippen LogP contribution in [0.4, 0.5) is 0 Å². The van der Waals surface area contributed by atoms with E-state index in [1.165, 1.54) is 11.1 Å². The fourth-order valence-electron chi connectivity index (χ4n) is 3.19. The smallest absolute Gasteiger partial charge is 0.321 e. The highest BCUT2D eigenvalue weighted by Crippen LogP contribution is 2.28. The van der Waals surface area contributed by atoms with Gasteiger partial charge in [0.1, 0.15) is 6.04 Å². The predicted molar refractivity (Wildman–Crippen MR) is 73.9 cm³/mol. The molecule has 1 aliphatic carbocycles. The molecule has 3 rings (SSSR count). The Bertz CT molecular complexity index is 509. The molecule has 0 amide bonds. The number of benzene rings is 1. The Labute approximate surface area is 113 Å². The molecule has 1 aromatic carbocycles. The molecule has 0 spiro atoms. The van der Waals surface area contributed by atoms with E-state index in [0.29, 0.717) is 6.42 Å². The van der Waals surface area contributed by atoms with E-state index in [-0.39, 0.29) is 12.1 Å². The van der Waals surface area contributed by atoms with Crippen LogP contribution in [0.5, 0.6) is 0 Å². The summed E-state index contributed by atoms with van der Waals surface area (Å²) in [6, 6.07) is 8.10. The number of hydrogen-bond donors (Lipinski definition) is 1. The quantitative estimate of drug-likeness (QED) is 0.828. The van der Waals surface area contributed by atoms with Crippen LogP contribution in [0.25, 0.3) is 0 Å². The Hall–Kier alpha value is -1.61. The lowest BCUT2D eigenvalue weighted by Crippen LogP contribution is -2.50. The Morgan fingerprint density at radius 2 is 2.05 bits per heavy atom. The van der Waals surface area contributed by atoms with Crippen LogP contribution >= 0.6 is 0 Å². The maximum absolute atomic E-state index is 11.6. The number of allylic oxidation sites excluding steroid dienone is 1. The number of carbonyl (C=O) groups is 1. The van der Waals surface area contributed by atoms with Gasteiger partial charge >= 0.3 is 5.97 Å². The van der Waals surface area contributed by atoms with Crippen LogP contribution < -0.4 is 0 Å². The van der Waals surface area contributed by atoms with Crippen molar-refractivity contribution in [3.05, 3.63) is 47.5 Å². The van der Waals surface area contributed by atoms with E-state index >= 15 is 0 Å². The van der Waals surface area contributed by atoms with Gasteiger partial charge in [0.25, 0.3) is 0 Å². The van der Waals surface area contributed by atoms with Gasteiger partial charge in [-0.1, -0.05) is 36.4 Å². The molecule has 0 saturated carbocycles. The number of aliphatic carboxylic acids is 1. The molecule has 0 bridgehead atoms. The van der Waals surface area contributed by atoms with E-state index in [2.05, 4.69) is 29.2 Å². The van der Waals surface area contributed by atoms with Crippen molar-refractivity contribution in [2.24, 2.45) is 0 Å². The van der Waals surface area contributed by atoms with Gasteiger partial charge in [0.2, 0.25) is 0 Å². The fraction of sp³-hybridized carbons (Fsp3) is 0.438. The van der Waals surface area contributed by atoms with Gasteiger partial charge < -0.3 is 5.11 Å². The van der Waals surface area contributed by atoms with Crippen LogP contribution in [0.15, 0.2) is 36.4 Å². The summed E-state index contributed by atoms with van der Waals surface area (Å²) in [5.41, 5.74) is 2.46. The average Bonchev–Trinajstić information content (AvgIpc) is 2.46. The van der Waals surface area contributed by atoms with Gasteiger partial charge in [-0.05, 0) is 36.8 Å². The topological polar surface area (TPSA) is 40.5 Å². The third-order valence-electron chi connectivity index (χ3n) is 4.22. The number of carboxylic acid groups (broad SMARTS) is 1. The van der Waals surface area contributed by atoms with Gasteiger partial charge in [0.15, 0.2) is 0 Å². The van der Waals surface area contributed by atoms with Crippen molar-refractivity contribution in [1.29, 1.82) is 0 Å². The van der Waals surface area contributed by atoms with E-state index in [4.69, 9.17) is 0 Å². The Morgan fingerprint density at radius 3 is 2.74 bits per heavy atom. The standard InChI is InChI=1S/C16H19NO2/c18-16(19)15-10-12-6-4-5-7-13(12)11-17(15)14-8-2-1-3-9-14/h2,4-8,14-15H,1,3,9-11H2,(H,18,19)/t14?,15-/m0/s1. The van der Waals surface area contributed by atoms with Crippen molar-refractivity contribution in [1.82, 2.24) is 4.90 Å². The van der Waals surface area contributed by atoms with E-state index in [1.807, 2.05) is 12.1 Å². The normalized spacial score (nSPS) is 26.9. The molecule has 1 heterocycles. The van der Waals surface area contributed by atoms with Crippen LogP contribution in [-0.4, -0.2) is 28.1 Å². The molecule has 0 fully saturated rings. The first-order valence-electron chi connectivity index (χ1n) is 6.97. The highest BCUT2D eigenvalue weighted by atomic mass is 16.4. The van der Waals surface area contributed by atoms with E-state index < -0.39 is 5.97 Å². The number of nitrogens with zero attached hydrogens (tertiary/aromatic N) is 1. The summed E-state index contributed by atoms with van der Waals surface area (Å²) < 4.78 is 0. The highest BCUT2D eigenvalue weighted by Gasteiger charge is 2.34. The second kappa shape index (κ2) is 5.17. The lowest BCUT2D eigenvalue weighted by Gasteiger charge is -2.39. The zero-order chi connectivity index (χ0) is 13.2. The minimum absolute atomic E-state index is 0.281. The molecule has 1 aromatic rings. The predicted octanol–water partition coefficient (Wildman–Crippen LogP) is 2.61. The first-order chi connectivity index (χ1) is 9.25. The summed E-state index contributed by atoms with van der Waals surface area (Å²) in [6.07, 6.45) is 8.35. The van der Waals surface area contributed by atoms with Crippen LogP contribution in [0, 0.1) is 0 Å². The fourth-order valence-corrected chi connectivity index (χ4v) is 3.19. The molecule has 3 heteroatoms. The molecule has 2 aliphatic rings.